The van der Waals surface area contributed by atoms with E-state index in [-0.39, 0.29) is 6.61 Å². The van der Waals surface area contributed by atoms with Crippen LogP contribution in [0.1, 0.15) is 5.56 Å². The van der Waals surface area contributed by atoms with E-state index in [1.165, 1.54) is 0 Å². The lowest BCUT2D eigenvalue weighted by atomic mass is 10.2. The quantitative estimate of drug-likeness (QED) is 0.760. The number of ether oxygens (including phenoxy) is 1. The highest BCUT2D eigenvalue weighted by Crippen LogP contribution is 2.28. The van der Waals surface area contributed by atoms with Crippen LogP contribution in [0.4, 0.5) is 5.69 Å². The lowest BCUT2D eigenvalue weighted by molar-refractivity contribution is 0.281. The number of methoxy groups -OCH3 is 1. The first-order valence-electron chi connectivity index (χ1n) is 3.41. The lowest BCUT2D eigenvalue weighted by Crippen LogP contribution is -1.96. The van der Waals surface area contributed by atoms with E-state index < -0.39 is 0 Å². The Balaban J connectivity index is 3.19. The molecule has 4 heteroatoms. The van der Waals surface area contributed by atoms with E-state index in [0.717, 1.165) is 4.47 Å². The molecule has 1 rings (SSSR count). The predicted molar refractivity (Wildman–Crippen MR) is 51.0 cm³/mol. The van der Waals surface area contributed by atoms with Gasteiger partial charge in [-0.3, -0.25) is 0 Å². The summed E-state index contributed by atoms with van der Waals surface area (Å²) in [5.74, 6) is 0.681. The van der Waals surface area contributed by atoms with Crippen molar-refractivity contribution >= 4 is 21.6 Å². The van der Waals surface area contributed by atoms with Gasteiger partial charge in [-0.05, 0) is 28.1 Å². The Hall–Kier alpha value is -0.740. The minimum absolute atomic E-state index is 0.0817. The second-order valence-corrected chi connectivity index (χ2v) is 3.19. The van der Waals surface area contributed by atoms with Crippen molar-refractivity contribution in [2.24, 2.45) is 0 Å². The van der Waals surface area contributed by atoms with Crippen LogP contribution in [0.3, 0.4) is 0 Å². The number of aliphatic hydroxyl groups excluding tert-OH is 1. The van der Waals surface area contributed by atoms with E-state index in [9.17, 15) is 0 Å². The summed E-state index contributed by atoms with van der Waals surface area (Å²) in [5, 5.41) is 8.91. The van der Waals surface area contributed by atoms with E-state index >= 15 is 0 Å². The molecule has 0 fully saturated rings. The smallest absolute Gasteiger partial charge is 0.120 e. The molecule has 0 bridgehead atoms. The zero-order valence-corrected chi connectivity index (χ0v) is 8.26. The van der Waals surface area contributed by atoms with Gasteiger partial charge in [-0.25, -0.2) is 0 Å². The minimum Gasteiger partial charge on any atom is -0.497 e. The van der Waals surface area contributed by atoms with Crippen molar-refractivity contribution in [3.8, 4) is 5.75 Å². The molecule has 3 N–H and O–H groups in total. The number of nitrogen functional groups attached to an aromatic ring is 1. The SMILES string of the molecule is COc1cc(Br)c(N)c(CO)c1. The Kier molecular flexibility index (Phi) is 2.94. The summed E-state index contributed by atoms with van der Waals surface area (Å²) in [7, 11) is 1.57. The number of aliphatic hydroxyl groups is 1. The summed E-state index contributed by atoms with van der Waals surface area (Å²) in [6.45, 7) is -0.0817. The summed E-state index contributed by atoms with van der Waals surface area (Å²) in [5.41, 5.74) is 6.88. The molecule has 0 atom stereocenters. The molecule has 0 aliphatic heterocycles. The molecule has 0 unspecified atom stereocenters. The third-order valence-corrected chi connectivity index (χ3v) is 2.25. The van der Waals surface area contributed by atoms with Crippen LogP contribution in [0.25, 0.3) is 0 Å². The summed E-state index contributed by atoms with van der Waals surface area (Å²) < 4.78 is 5.74. The highest BCUT2D eigenvalue weighted by molar-refractivity contribution is 9.10. The molecule has 0 aliphatic rings. The fraction of sp³-hybridized carbons (Fsp3) is 0.250. The van der Waals surface area contributed by atoms with E-state index in [2.05, 4.69) is 15.9 Å². The van der Waals surface area contributed by atoms with Crippen LogP contribution in [0, 0.1) is 0 Å². The molecular weight excluding hydrogens is 222 g/mol. The van der Waals surface area contributed by atoms with Crippen LogP contribution in [0.15, 0.2) is 16.6 Å². The van der Waals surface area contributed by atoms with Crippen molar-refractivity contribution in [3.63, 3.8) is 0 Å². The van der Waals surface area contributed by atoms with Gasteiger partial charge in [0.05, 0.1) is 19.4 Å². The van der Waals surface area contributed by atoms with Gasteiger partial charge in [-0.15, -0.1) is 0 Å². The molecule has 0 radical (unpaired) electrons. The first kappa shape index (κ1) is 9.35. The molecule has 0 saturated heterocycles. The molecular formula is C8H10BrNO2. The maximum atomic E-state index is 8.91. The maximum absolute atomic E-state index is 8.91. The summed E-state index contributed by atoms with van der Waals surface area (Å²) in [6, 6.07) is 3.47. The van der Waals surface area contributed by atoms with E-state index in [1.54, 1.807) is 19.2 Å². The van der Waals surface area contributed by atoms with Gasteiger partial charge in [0, 0.05) is 10.0 Å². The largest absolute Gasteiger partial charge is 0.497 e. The normalized spacial score (nSPS) is 9.92. The minimum atomic E-state index is -0.0817. The first-order valence-corrected chi connectivity index (χ1v) is 4.21. The average Bonchev–Trinajstić information content (AvgIpc) is 2.09. The van der Waals surface area contributed by atoms with Crippen molar-refractivity contribution in [2.45, 2.75) is 6.61 Å². The second kappa shape index (κ2) is 3.78. The summed E-state index contributed by atoms with van der Waals surface area (Å²) in [4.78, 5) is 0. The van der Waals surface area contributed by atoms with Gasteiger partial charge in [-0.1, -0.05) is 0 Å². The first-order chi connectivity index (χ1) is 5.69. The van der Waals surface area contributed by atoms with Gasteiger partial charge in [0.1, 0.15) is 5.75 Å². The fourth-order valence-corrected chi connectivity index (χ4v) is 1.38. The van der Waals surface area contributed by atoms with E-state index in [0.29, 0.717) is 17.0 Å². The molecule has 66 valence electrons. The second-order valence-electron chi connectivity index (χ2n) is 2.34. The standard InChI is InChI=1S/C8H10BrNO2/c1-12-6-2-5(4-11)8(10)7(9)3-6/h2-3,11H,4,10H2,1H3. The van der Waals surface area contributed by atoms with Gasteiger partial charge in [0.2, 0.25) is 0 Å². The van der Waals surface area contributed by atoms with Crippen LogP contribution in [0.2, 0.25) is 0 Å². The topological polar surface area (TPSA) is 55.5 Å². The van der Waals surface area contributed by atoms with Crippen molar-refractivity contribution in [2.75, 3.05) is 12.8 Å². The zero-order chi connectivity index (χ0) is 9.14. The van der Waals surface area contributed by atoms with Gasteiger partial charge in [0.15, 0.2) is 0 Å². The van der Waals surface area contributed by atoms with Crippen LogP contribution in [-0.2, 0) is 6.61 Å². The van der Waals surface area contributed by atoms with Crippen molar-refractivity contribution in [3.05, 3.63) is 22.2 Å². The number of rotatable bonds is 2. The molecule has 0 aromatic heterocycles. The lowest BCUT2D eigenvalue weighted by Gasteiger charge is -2.07. The fourth-order valence-electron chi connectivity index (χ4n) is 0.896. The Labute approximate surface area is 79.3 Å². The maximum Gasteiger partial charge on any atom is 0.120 e. The van der Waals surface area contributed by atoms with Crippen molar-refractivity contribution in [1.29, 1.82) is 0 Å². The van der Waals surface area contributed by atoms with Crippen LogP contribution < -0.4 is 10.5 Å². The van der Waals surface area contributed by atoms with Gasteiger partial charge < -0.3 is 15.6 Å². The third-order valence-electron chi connectivity index (χ3n) is 1.59. The van der Waals surface area contributed by atoms with E-state index in [1.807, 2.05) is 0 Å². The number of benzene rings is 1. The zero-order valence-electron chi connectivity index (χ0n) is 6.67. The van der Waals surface area contributed by atoms with Crippen molar-refractivity contribution < 1.29 is 9.84 Å². The molecule has 0 aliphatic carbocycles. The van der Waals surface area contributed by atoms with Gasteiger partial charge >= 0.3 is 0 Å². The number of halogens is 1. The van der Waals surface area contributed by atoms with E-state index in [4.69, 9.17) is 15.6 Å². The van der Waals surface area contributed by atoms with Crippen LogP contribution in [0.5, 0.6) is 5.75 Å². The molecule has 1 aromatic rings. The molecule has 3 nitrogen and oxygen atoms in total. The monoisotopic (exact) mass is 231 g/mol. The number of anilines is 1. The van der Waals surface area contributed by atoms with Gasteiger partial charge in [0.25, 0.3) is 0 Å². The number of hydrogen-bond acceptors (Lipinski definition) is 3. The Morgan fingerprint density at radius 2 is 2.25 bits per heavy atom. The number of nitrogens with two attached hydrogens (primary N) is 1. The Bertz CT molecular complexity index is 289. The summed E-state index contributed by atoms with van der Waals surface area (Å²) in [6.07, 6.45) is 0. The Morgan fingerprint density at radius 3 is 2.75 bits per heavy atom. The molecule has 0 amide bonds. The van der Waals surface area contributed by atoms with Crippen LogP contribution >= 0.6 is 15.9 Å². The molecule has 1 aromatic carbocycles. The molecule has 0 heterocycles. The number of hydrogen-bond donors (Lipinski definition) is 2. The van der Waals surface area contributed by atoms with Crippen LogP contribution in [-0.4, -0.2) is 12.2 Å². The predicted octanol–water partition coefficient (Wildman–Crippen LogP) is 1.53. The third kappa shape index (κ3) is 1.70. The highest BCUT2D eigenvalue weighted by Gasteiger charge is 2.04. The van der Waals surface area contributed by atoms with Crippen molar-refractivity contribution in [1.82, 2.24) is 0 Å². The summed E-state index contributed by atoms with van der Waals surface area (Å²) >= 11 is 3.26. The molecule has 0 spiro atoms. The molecule has 12 heavy (non-hydrogen) atoms. The highest BCUT2D eigenvalue weighted by atomic mass is 79.9. The molecule has 0 saturated carbocycles. The van der Waals surface area contributed by atoms with Gasteiger partial charge in [-0.2, -0.15) is 0 Å². The average molecular weight is 232 g/mol. The Morgan fingerprint density at radius 1 is 1.58 bits per heavy atom.